The molecule has 0 aliphatic carbocycles. The quantitative estimate of drug-likeness (QED) is 0.582. The molecule has 3 rings (SSSR count). The number of nitro benzene ring substituents is 1. The molecule has 0 amide bonds. The summed E-state index contributed by atoms with van der Waals surface area (Å²) >= 11 is 0. The van der Waals surface area contributed by atoms with Crippen molar-refractivity contribution in [1.82, 2.24) is 10.3 Å². The number of benzene rings is 2. The van der Waals surface area contributed by atoms with Gasteiger partial charge < -0.3 is 10.0 Å². The average Bonchev–Trinajstić information content (AvgIpc) is 2.95. The summed E-state index contributed by atoms with van der Waals surface area (Å²) in [6.07, 6.45) is 0. The van der Waals surface area contributed by atoms with E-state index in [-0.39, 0.29) is 17.0 Å². The molecule has 8 heteroatoms. The lowest BCUT2D eigenvalue weighted by molar-refractivity contribution is -0.383. The normalized spacial score (nSPS) is 10.7. The second-order valence-corrected chi connectivity index (χ2v) is 4.40. The van der Waals surface area contributed by atoms with Crippen LogP contribution in [0.4, 0.5) is 17.1 Å². The Morgan fingerprint density at radius 2 is 1.81 bits per heavy atom. The third-order valence-electron chi connectivity index (χ3n) is 3.17. The Morgan fingerprint density at radius 3 is 2.48 bits per heavy atom. The first-order valence-corrected chi connectivity index (χ1v) is 6.00. The molecular formula is C13H10N4O4. The van der Waals surface area contributed by atoms with Gasteiger partial charge in [-0.1, -0.05) is 0 Å². The van der Waals surface area contributed by atoms with Gasteiger partial charge in [-0.2, -0.15) is 0 Å². The summed E-state index contributed by atoms with van der Waals surface area (Å²) in [6.45, 7) is 0. The molecule has 0 fully saturated rings. The average molecular weight is 286 g/mol. The van der Waals surface area contributed by atoms with E-state index in [4.69, 9.17) is 0 Å². The Bertz CT molecular complexity index is 813. The number of fused-ring (bicyclic) bond motifs is 1. The van der Waals surface area contributed by atoms with Gasteiger partial charge >= 0.3 is 5.69 Å². The fourth-order valence-corrected chi connectivity index (χ4v) is 2.07. The molecule has 0 atom stereocenters. The number of aromatic hydroxyl groups is 1. The van der Waals surface area contributed by atoms with E-state index in [1.54, 1.807) is 42.3 Å². The van der Waals surface area contributed by atoms with Crippen LogP contribution in [0.1, 0.15) is 0 Å². The van der Waals surface area contributed by atoms with E-state index in [0.717, 1.165) is 5.69 Å². The van der Waals surface area contributed by atoms with E-state index in [0.29, 0.717) is 11.2 Å². The van der Waals surface area contributed by atoms with Crippen LogP contribution in [0.5, 0.6) is 5.75 Å². The molecule has 0 aliphatic rings. The minimum atomic E-state index is -0.531. The van der Waals surface area contributed by atoms with Crippen molar-refractivity contribution in [2.24, 2.45) is 0 Å². The maximum absolute atomic E-state index is 11.0. The van der Waals surface area contributed by atoms with Crippen molar-refractivity contribution in [3.63, 3.8) is 0 Å². The summed E-state index contributed by atoms with van der Waals surface area (Å²) in [5, 5.41) is 27.6. The topological polar surface area (TPSA) is 106 Å². The van der Waals surface area contributed by atoms with Crippen LogP contribution in [0, 0.1) is 10.1 Å². The summed E-state index contributed by atoms with van der Waals surface area (Å²) in [7, 11) is 1.78. The van der Waals surface area contributed by atoms with Crippen LogP contribution >= 0.6 is 0 Å². The van der Waals surface area contributed by atoms with Gasteiger partial charge in [0.05, 0.1) is 10.6 Å². The van der Waals surface area contributed by atoms with Gasteiger partial charge in [0.25, 0.3) is 0 Å². The van der Waals surface area contributed by atoms with Crippen molar-refractivity contribution in [2.75, 3.05) is 11.9 Å². The largest absolute Gasteiger partial charge is 0.508 e. The molecule has 0 unspecified atom stereocenters. The predicted molar refractivity (Wildman–Crippen MR) is 74.6 cm³/mol. The SMILES string of the molecule is CN(c1ccc(O)cc1)c1ccc([N+](=O)[O-])c2nonc12. The molecule has 8 nitrogen and oxygen atoms in total. The second-order valence-electron chi connectivity index (χ2n) is 4.40. The fourth-order valence-electron chi connectivity index (χ4n) is 2.07. The van der Waals surface area contributed by atoms with E-state index in [1.165, 1.54) is 6.07 Å². The van der Waals surface area contributed by atoms with Gasteiger partial charge in [0.1, 0.15) is 5.75 Å². The molecule has 106 valence electrons. The molecule has 1 aromatic heterocycles. The highest BCUT2D eigenvalue weighted by Gasteiger charge is 2.21. The number of hydrogen-bond donors (Lipinski definition) is 1. The van der Waals surface area contributed by atoms with Gasteiger partial charge in [0.15, 0.2) is 5.52 Å². The third-order valence-corrected chi connectivity index (χ3v) is 3.17. The van der Waals surface area contributed by atoms with Gasteiger partial charge in [-0.05, 0) is 40.6 Å². The number of nitro groups is 1. The molecule has 0 saturated carbocycles. The van der Waals surface area contributed by atoms with Crippen molar-refractivity contribution in [2.45, 2.75) is 0 Å². The molecule has 21 heavy (non-hydrogen) atoms. The molecular weight excluding hydrogens is 276 g/mol. The Kier molecular flexibility index (Phi) is 2.90. The highest BCUT2D eigenvalue weighted by atomic mass is 16.6. The zero-order chi connectivity index (χ0) is 15.0. The Morgan fingerprint density at radius 1 is 1.14 bits per heavy atom. The van der Waals surface area contributed by atoms with E-state index in [2.05, 4.69) is 14.9 Å². The van der Waals surface area contributed by atoms with Crippen LogP contribution in [-0.2, 0) is 0 Å². The summed E-state index contributed by atoms with van der Waals surface area (Å²) in [6, 6.07) is 9.48. The molecule has 1 heterocycles. The number of anilines is 2. The molecule has 0 bridgehead atoms. The highest BCUT2D eigenvalue weighted by molar-refractivity contribution is 5.95. The smallest absolute Gasteiger partial charge is 0.300 e. The number of phenols is 1. The van der Waals surface area contributed by atoms with Crippen molar-refractivity contribution >= 4 is 28.1 Å². The van der Waals surface area contributed by atoms with Crippen LogP contribution in [0.15, 0.2) is 41.0 Å². The molecule has 0 radical (unpaired) electrons. The lowest BCUT2D eigenvalue weighted by Crippen LogP contribution is -2.10. The van der Waals surface area contributed by atoms with Crippen LogP contribution in [-0.4, -0.2) is 27.4 Å². The zero-order valence-electron chi connectivity index (χ0n) is 10.9. The maximum atomic E-state index is 11.0. The molecule has 1 N–H and O–H groups in total. The first-order chi connectivity index (χ1) is 10.1. The fraction of sp³-hybridized carbons (Fsp3) is 0.0769. The Labute approximate surface area is 118 Å². The van der Waals surface area contributed by atoms with Crippen LogP contribution < -0.4 is 4.90 Å². The van der Waals surface area contributed by atoms with E-state index >= 15 is 0 Å². The third kappa shape index (κ3) is 2.12. The summed E-state index contributed by atoms with van der Waals surface area (Å²) in [5.41, 5.74) is 1.64. The molecule has 0 spiro atoms. The highest BCUT2D eigenvalue weighted by Crippen LogP contribution is 2.34. The van der Waals surface area contributed by atoms with Crippen molar-refractivity contribution in [1.29, 1.82) is 0 Å². The Balaban J connectivity index is 2.12. The summed E-state index contributed by atoms with van der Waals surface area (Å²) in [5.74, 6) is 0.157. The molecule has 2 aromatic carbocycles. The first-order valence-electron chi connectivity index (χ1n) is 6.00. The van der Waals surface area contributed by atoms with Crippen LogP contribution in [0.2, 0.25) is 0 Å². The lowest BCUT2D eigenvalue weighted by atomic mass is 10.2. The standard InChI is InChI=1S/C13H10N4O4/c1-16(8-2-4-9(18)5-3-8)10-6-7-11(17(19)20)13-12(10)14-21-15-13/h2-7,18H,1H3. The van der Waals surface area contributed by atoms with E-state index < -0.39 is 4.92 Å². The summed E-state index contributed by atoms with van der Waals surface area (Å²) < 4.78 is 4.63. The van der Waals surface area contributed by atoms with Crippen molar-refractivity contribution in [3.05, 3.63) is 46.5 Å². The monoisotopic (exact) mass is 286 g/mol. The second kappa shape index (κ2) is 4.75. The minimum Gasteiger partial charge on any atom is -0.508 e. The number of non-ortho nitro benzene ring substituents is 1. The number of phenolic OH excluding ortho intramolecular Hbond substituents is 1. The van der Waals surface area contributed by atoms with E-state index in [1.807, 2.05) is 0 Å². The van der Waals surface area contributed by atoms with Crippen LogP contribution in [0.3, 0.4) is 0 Å². The minimum absolute atomic E-state index is 0.100. The van der Waals surface area contributed by atoms with Gasteiger partial charge in [-0.3, -0.25) is 10.1 Å². The van der Waals surface area contributed by atoms with E-state index in [9.17, 15) is 15.2 Å². The van der Waals surface area contributed by atoms with Crippen molar-refractivity contribution in [3.8, 4) is 5.75 Å². The summed E-state index contributed by atoms with van der Waals surface area (Å²) in [4.78, 5) is 12.2. The van der Waals surface area contributed by atoms with Crippen LogP contribution in [0.25, 0.3) is 11.0 Å². The predicted octanol–water partition coefficient (Wildman–Crippen LogP) is 2.60. The molecule has 3 aromatic rings. The van der Waals surface area contributed by atoms with Gasteiger partial charge in [0.2, 0.25) is 5.52 Å². The van der Waals surface area contributed by atoms with Gasteiger partial charge in [0, 0.05) is 18.8 Å². The number of hydrogen-bond acceptors (Lipinski definition) is 7. The number of aromatic nitrogens is 2. The molecule has 0 saturated heterocycles. The number of rotatable bonds is 3. The lowest BCUT2D eigenvalue weighted by Gasteiger charge is -2.19. The zero-order valence-corrected chi connectivity index (χ0v) is 10.9. The maximum Gasteiger partial charge on any atom is 0.300 e. The van der Waals surface area contributed by atoms with Gasteiger partial charge in [-0.15, -0.1) is 0 Å². The van der Waals surface area contributed by atoms with Crippen molar-refractivity contribution < 1.29 is 14.7 Å². The molecule has 0 aliphatic heterocycles. The first kappa shape index (κ1) is 12.9. The Hall–Kier alpha value is -3.16. The van der Waals surface area contributed by atoms with Gasteiger partial charge in [-0.25, -0.2) is 4.63 Å². The number of nitrogens with zero attached hydrogens (tertiary/aromatic N) is 4.